The van der Waals surface area contributed by atoms with E-state index in [1.54, 1.807) is 6.92 Å². The molecule has 21 heavy (non-hydrogen) atoms. The lowest BCUT2D eigenvalue weighted by molar-refractivity contribution is 0.0695. The van der Waals surface area contributed by atoms with Crippen molar-refractivity contribution in [2.24, 2.45) is 0 Å². The lowest BCUT2D eigenvalue weighted by Gasteiger charge is -2.01. The van der Waals surface area contributed by atoms with Crippen molar-refractivity contribution in [1.82, 2.24) is 0 Å². The predicted molar refractivity (Wildman–Crippen MR) is 74.8 cm³/mol. The first-order chi connectivity index (χ1) is 9.82. The van der Waals surface area contributed by atoms with Crippen molar-refractivity contribution < 1.29 is 30.0 Å². The van der Waals surface area contributed by atoms with Crippen molar-refractivity contribution in [1.29, 1.82) is 0 Å². The van der Waals surface area contributed by atoms with Gasteiger partial charge in [0.25, 0.3) is 0 Å². The Bertz CT molecular complexity index is 625. The number of benzene rings is 2. The van der Waals surface area contributed by atoms with Crippen LogP contribution in [0.3, 0.4) is 0 Å². The van der Waals surface area contributed by atoms with Crippen LogP contribution in [-0.2, 0) is 0 Å². The van der Waals surface area contributed by atoms with Crippen molar-refractivity contribution in [3.63, 3.8) is 0 Å². The van der Waals surface area contributed by atoms with Crippen LogP contribution in [0.15, 0.2) is 42.5 Å². The summed E-state index contributed by atoms with van der Waals surface area (Å²) in [6.45, 7) is 1.56. The number of hydrogen-bond donors (Lipinski definition) is 4. The number of phenolic OH excluding ortho intramolecular Hbond substituents is 3. The van der Waals surface area contributed by atoms with E-state index >= 15 is 0 Å². The summed E-state index contributed by atoms with van der Waals surface area (Å²) in [5.41, 5.74) is 0.486. The van der Waals surface area contributed by atoms with Crippen molar-refractivity contribution in [3.8, 4) is 17.2 Å². The number of aromatic hydroxyl groups is 3. The van der Waals surface area contributed by atoms with Crippen LogP contribution in [0, 0.1) is 0 Å². The van der Waals surface area contributed by atoms with E-state index in [0.29, 0.717) is 0 Å². The molecule has 2 aromatic rings. The molecule has 110 valence electrons. The summed E-state index contributed by atoms with van der Waals surface area (Å²) in [4.78, 5) is 21.0. The predicted octanol–water partition coefficient (Wildman–Crippen LogP) is 2.39. The number of carbonyl (C=O) groups is 2. The van der Waals surface area contributed by atoms with Gasteiger partial charge in [0.1, 0.15) is 0 Å². The molecule has 0 saturated carbocycles. The Morgan fingerprint density at radius 1 is 0.857 bits per heavy atom. The first kappa shape index (κ1) is 16.0. The highest BCUT2D eigenvalue weighted by Crippen LogP contribution is 2.35. The van der Waals surface area contributed by atoms with Gasteiger partial charge in [-0.3, -0.25) is 4.79 Å². The van der Waals surface area contributed by atoms with Gasteiger partial charge in [0.2, 0.25) is 0 Å². The number of Topliss-reactive ketones (excluding diaryl/α,β-unsaturated/α-hetero) is 1. The topological polar surface area (TPSA) is 115 Å². The van der Waals surface area contributed by atoms with E-state index in [2.05, 4.69) is 0 Å². The van der Waals surface area contributed by atoms with Crippen LogP contribution in [0.1, 0.15) is 27.6 Å². The Labute approximate surface area is 120 Å². The second-order valence-corrected chi connectivity index (χ2v) is 4.09. The SMILES string of the molecule is CC(=O)c1ccccc1.O=C(O)c1cc(O)c(O)c(O)c1. The minimum Gasteiger partial charge on any atom is -0.504 e. The highest BCUT2D eigenvalue weighted by atomic mass is 16.4. The Hall–Kier alpha value is -3.02. The van der Waals surface area contributed by atoms with Crippen molar-refractivity contribution in [2.45, 2.75) is 6.92 Å². The summed E-state index contributed by atoms with van der Waals surface area (Å²) < 4.78 is 0. The van der Waals surface area contributed by atoms with Gasteiger partial charge in [-0.25, -0.2) is 4.79 Å². The molecule has 6 nitrogen and oxygen atoms in total. The summed E-state index contributed by atoms with van der Waals surface area (Å²) >= 11 is 0. The fourth-order valence-electron chi connectivity index (χ4n) is 1.40. The normalized spacial score (nSPS) is 9.38. The molecule has 0 aliphatic rings. The summed E-state index contributed by atoms with van der Waals surface area (Å²) in [6, 6.07) is 10.9. The molecular weight excluding hydrogens is 276 g/mol. The Morgan fingerprint density at radius 2 is 1.33 bits per heavy atom. The number of phenols is 3. The highest BCUT2D eigenvalue weighted by molar-refractivity contribution is 5.93. The molecule has 0 unspecified atom stereocenters. The van der Waals surface area contributed by atoms with E-state index < -0.39 is 23.2 Å². The van der Waals surface area contributed by atoms with Crippen LogP contribution in [0.2, 0.25) is 0 Å². The molecule has 0 aliphatic heterocycles. The Morgan fingerprint density at radius 3 is 1.67 bits per heavy atom. The second-order valence-electron chi connectivity index (χ2n) is 4.09. The largest absolute Gasteiger partial charge is 0.504 e. The molecule has 0 heterocycles. The smallest absolute Gasteiger partial charge is 0.335 e. The van der Waals surface area contributed by atoms with E-state index in [9.17, 15) is 9.59 Å². The van der Waals surface area contributed by atoms with Gasteiger partial charge in [-0.2, -0.15) is 0 Å². The third kappa shape index (κ3) is 4.54. The summed E-state index contributed by atoms with van der Waals surface area (Å²) in [6.07, 6.45) is 0. The molecule has 2 rings (SSSR count). The molecule has 6 heteroatoms. The molecule has 0 aromatic heterocycles. The van der Waals surface area contributed by atoms with Crippen molar-refractivity contribution in [2.75, 3.05) is 0 Å². The van der Waals surface area contributed by atoms with Gasteiger partial charge in [0.05, 0.1) is 5.56 Å². The van der Waals surface area contributed by atoms with Gasteiger partial charge in [-0.1, -0.05) is 30.3 Å². The number of aromatic carboxylic acids is 1. The number of ketones is 1. The maximum absolute atomic E-state index is 10.6. The van der Waals surface area contributed by atoms with Gasteiger partial charge in [0.15, 0.2) is 23.0 Å². The fraction of sp³-hybridized carbons (Fsp3) is 0.0667. The first-order valence-electron chi connectivity index (χ1n) is 5.87. The number of carboxylic acids is 1. The summed E-state index contributed by atoms with van der Waals surface area (Å²) in [5.74, 6) is -3.21. The molecule has 0 radical (unpaired) electrons. The quantitative estimate of drug-likeness (QED) is 0.498. The zero-order valence-corrected chi connectivity index (χ0v) is 11.1. The van der Waals surface area contributed by atoms with E-state index in [1.165, 1.54) is 0 Å². The number of hydrogen-bond acceptors (Lipinski definition) is 5. The minimum atomic E-state index is -1.29. The molecule has 0 bridgehead atoms. The van der Waals surface area contributed by atoms with E-state index in [4.69, 9.17) is 20.4 Å². The fourth-order valence-corrected chi connectivity index (χ4v) is 1.40. The summed E-state index contributed by atoms with van der Waals surface area (Å²) in [5, 5.41) is 35.0. The van der Waals surface area contributed by atoms with Crippen LogP contribution in [0.4, 0.5) is 0 Å². The van der Waals surface area contributed by atoms with Crippen LogP contribution >= 0.6 is 0 Å². The molecule has 0 spiro atoms. The zero-order valence-electron chi connectivity index (χ0n) is 11.1. The van der Waals surface area contributed by atoms with Gasteiger partial charge in [-0.15, -0.1) is 0 Å². The van der Waals surface area contributed by atoms with Gasteiger partial charge in [0, 0.05) is 5.56 Å². The van der Waals surface area contributed by atoms with Crippen LogP contribution in [-0.4, -0.2) is 32.2 Å². The Kier molecular flexibility index (Phi) is 5.31. The van der Waals surface area contributed by atoms with Gasteiger partial charge >= 0.3 is 5.97 Å². The first-order valence-corrected chi connectivity index (χ1v) is 5.87. The van der Waals surface area contributed by atoms with Gasteiger partial charge < -0.3 is 20.4 Å². The standard InChI is InChI=1S/C8H8O.C7H6O5/c1-7(9)8-5-3-2-4-6-8;8-4-1-3(7(11)12)2-5(9)6(4)10/h2-6H,1H3;1-2,8-10H,(H,11,12). The number of carboxylic acid groups (broad SMARTS) is 1. The van der Waals surface area contributed by atoms with Crippen LogP contribution in [0.25, 0.3) is 0 Å². The lowest BCUT2D eigenvalue weighted by Crippen LogP contribution is -1.95. The minimum absolute atomic E-state index is 0.121. The highest BCUT2D eigenvalue weighted by Gasteiger charge is 2.11. The van der Waals surface area contributed by atoms with E-state index in [-0.39, 0.29) is 11.3 Å². The lowest BCUT2D eigenvalue weighted by atomic mass is 10.2. The van der Waals surface area contributed by atoms with E-state index in [1.807, 2.05) is 30.3 Å². The van der Waals surface area contributed by atoms with Crippen LogP contribution in [0.5, 0.6) is 17.2 Å². The number of rotatable bonds is 2. The maximum atomic E-state index is 10.6. The summed E-state index contributed by atoms with van der Waals surface area (Å²) in [7, 11) is 0. The molecular formula is C15H14O6. The molecule has 2 aromatic carbocycles. The molecule has 4 N–H and O–H groups in total. The zero-order chi connectivity index (χ0) is 16.0. The molecule has 0 aliphatic carbocycles. The maximum Gasteiger partial charge on any atom is 0.335 e. The third-order valence-electron chi connectivity index (χ3n) is 2.50. The average molecular weight is 290 g/mol. The van der Waals surface area contributed by atoms with Crippen molar-refractivity contribution in [3.05, 3.63) is 53.6 Å². The third-order valence-corrected chi connectivity index (χ3v) is 2.50. The monoisotopic (exact) mass is 290 g/mol. The average Bonchev–Trinajstić information content (AvgIpc) is 2.45. The van der Waals surface area contributed by atoms with Gasteiger partial charge in [-0.05, 0) is 19.1 Å². The van der Waals surface area contributed by atoms with Crippen molar-refractivity contribution >= 4 is 11.8 Å². The second kappa shape index (κ2) is 6.95. The van der Waals surface area contributed by atoms with Crippen LogP contribution < -0.4 is 0 Å². The molecule has 0 saturated heterocycles. The Balaban J connectivity index is 0.000000219. The molecule has 0 atom stereocenters. The van der Waals surface area contributed by atoms with E-state index in [0.717, 1.165) is 17.7 Å². The molecule has 0 amide bonds. The number of carbonyl (C=O) groups excluding carboxylic acids is 1. The molecule has 0 fully saturated rings.